The highest BCUT2D eigenvalue weighted by atomic mass is 16.7. The van der Waals surface area contributed by atoms with Crippen molar-refractivity contribution in [2.75, 3.05) is 6.79 Å². The van der Waals surface area contributed by atoms with E-state index in [0.717, 1.165) is 5.57 Å². The summed E-state index contributed by atoms with van der Waals surface area (Å²) >= 11 is 0. The monoisotopic (exact) mass is 194 g/mol. The smallest absolute Gasteiger partial charge is 0.307 e. The van der Waals surface area contributed by atoms with Crippen molar-refractivity contribution < 1.29 is 19.4 Å². The van der Waals surface area contributed by atoms with Gasteiger partial charge in [0.2, 0.25) is 6.79 Å². The van der Waals surface area contributed by atoms with E-state index in [1.54, 1.807) is 12.2 Å². The SMILES string of the molecule is O=C(O)CC1=CC=C2OCOC2=CC1. The van der Waals surface area contributed by atoms with Crippen LogP contribution in [0.1, 0.15) is 12.8 Å². The summed E-state index contributed by atoms with van der Waals surface area (Å²) in [4.78, 5) is 10.5. The van der Waals surface area contributed by atoms with Gasteiger partial charge in [0.1, 0.15) is 0 Å². The van der Waals surface area contributed by atoms with Crippen LogP contribution in [0.2, 0.25) is 0 Å². The molecule has 0 radical (unpaired) electrons. The van der Waals surface area contributed by atoms with Gasteiger partial charge in [0.25, 0.3) is 0 Å². The average molecular weight is 194 g/mol. The van der Waals surface area contributed by atoms with Crippen LogP contribution in [-0.4, -0.2) is 17.9 Å². The van der Waals surface area contributed by atoms with E-state index in [1.165, 1.54) is 0 Å². The van der Waals surface area contributed by atoms with Gasteiger partial charge >= 0.3 is 5.97 Å². The zero-order valence-corrected chi connectivity index (χ0v) is 7.53. The lowest BCUT2D eigenvalue weighted by Gasteiger charge is -1.97. The summed E-state index contributed by atoms with van der Waals surface area (Å²) in [5.74, 6) is 0.578. The molecule has 1 saturated heterocycles. The Morgan fingerprint density at radius 3 is 2.93 bits per heavy atom. The molecule has 4 nitrogen and oxygen atoms in total. The fourth-order valence-electron chi connectivity index (χ4n) is 1.40. The second kappa shape index (κ2) is 3.57. The van der Waals surface area contributed by atoms with Gasteiger partial charge in [-0.1, -0.05) is 11.6 Å². The highest BCUT2D eigenvalue weighted by Gasteiger charge is 2.17. The highest BCUT2D eigenvalue weighted by molar-refractivity contribution is 5.70. The summed E-state index contributed by atoms with van der Waals surface area (Å²) in [6, 6.07) is 0. The van der Waals surface area contributed by atoms with Gasteiger partial charge in [-0.2, -0.15) is 0 Å². The Labute approximate surface area is 81.1 Å². The van der Waals surface area contributed by atoms with Crippen molar-refractivity contribution in [2.24, 2.45) is 0 Å². The number of carbonyl (C=O) groups is 1. The minimum absolute atomic E-state index is 0.0631. The Morgan fingerprint density at radius 1 is 1.36 bits per heavy atom. The normalized spacial score (nSPS) is 19.3. The second-order valence-corrected chi connectivity index (χ2v) is 3.11. The molecule has 14 heavy (non-hydrogen) atoms. The molecule has 0 aromatic heterocycles. The van der Waals surface area contributed by atoms with Gasteiger partial charge in [0.05, 0.1) is 6.42 Å². The molecule has 0 saturated carbocycles. The molecule has 0 amide bonds. The van der Waals surface area contributed by atoms with E-state index in [-0.39, 0.29) is 13.2 Å². The van der Waals surface area contributed by atoms with Gasteiger partial charge in [-0.3, -0.25) is 4.79 Å². The molecule has 0 aromatic carbocycles. The lowest BCUT2D eigenvalue weighted by atomic mass is 10.1. The summed E-state index contributed by atoms with van der Waals surface area (Å²) < 4.78 is 10.3. The molecule has 0 bridgehead atoms. The number of carboxylic acids is 1. The molecule has 0 spiro atoms. The van der Waals surface area contributed by atoms with Gasteiger partial charge in [-0.15, -0.1) is 0 Å². The number of fused-ring (bicyclic) bond motifs is 1. The van der Waals surface area contributed by atoms with Crippen LogP contribution in [-0.2, 0) is 14.3 Å². The van der Waals surface area contributed by atoms with Crippen molar-refractivity contribution >= 4 is 5.97 Å². The first-order chi connectivity index (χ1) is 6.75. The van der Waals surface area contributed by atoms with Crippen LogP contribution < -0.4 is 0 Å². The largest absolute Gasteiger partial charge is 0.481 e. The second-order valence-electron chi connectivity index (χ2n) is 3.11. The minimum Gasteiger partial charge on any atom is -0.481 e. The molecule has 4 heteroatoms. The van der Waals surface area contributed by atoms with Gasteiger partial charge < -0.3 is 14.6 Å². The Bertz CT molecular complexity index is 349. The summed E-state index contributed by atoms with van der Waals surface area (Å²) in [7, 11) is 0. The third-order valence-corrected chi connectivity index (χ3v) is 2.07. The number of hydrogen-bond acceptors (Lipinski definition) is 3. The molecule has 0 atom stereocenters. The van der Waals surface area contributed by atoms with Crippen molar-refractivity contribution in [3.05, 3.63) is 35.3 Å². The van der Waals surface area contributed by atoms with E-state index in [9.17, 15) is 4.79 Å². The van der Waals surface area contributed by atoms with E-state index >= 15 is 0 Å². The molecule has 1 heterocycles. The molecular formula is C10H10O4. The number of allylic oxidation sites excluding steroid dienone is 3. The number of ether oxygens (including phenoxy) is 2. The molecular weight excluding hydrogens is 184 g/mol. The predicted octanol–water partition coefficient (Wildman–Crippen LogP) is 1.56. The molecule has 0 unspecified atom stereocenters. The van der Waals surface area contributed by atoms with E-state index < -0.39 is 5.97 Å². The molecule has 1 aliphatic carbocycles. The maximum absolute atomic E-state index is 10.5. The summed E-state index contributed by atoms with van der Waals surface area (Å²) in [6.45, 7) is 0.250. The highest BCUT2D eigenvalue weighted by Crippen LogP contribution is 2.26. The third kappa shape index (κ3) is 1.79. The van der Waals surface area contributed by atoms with E-state index in [0.29, 0.717) is 17.9 Å². The average Bonchev–Trinajstić information content (AvgIpc) is 2.50. The van der Waals surface area contributed by atoms with Crippen molar-refractivity contribution in [1.29, 1.82) is 0 Å². The van der Waals surface area contributed by atoms with Crippen molar-refractivity contribution in [3.63, 3.8) is 0 Å². The molecule has 74 valence electrons. The minimum atomic E-state index is -0.818. The standard InChI is InChI=1S/C10H10O4/c11-10(12)5-7-1-3-8-9(4-2-7)14-6-13-8/h1,3-4H,2,5-6H2,(H,11,12). The van der Waals surface area contributed by atoms with Crippen LogP contribution >= 0.6 is 0 Å². The molecule has 1 N–H and O–H groups in total. The number of hydrogen-bond donors (Lipinski definition) is 1. The lowest BCUT2D eigenvalue weighted by Crippen LogP contribution is -1.96. The summed E-state index contributed by atoms with van der Waals surface area (Å²) in [5.41, 5.74) is 0.846. The maximum atomic E-state index is 10.5. The van der Waals surface area contributed by atoms with Crippen LogP contribution in [0, 0.1) is 0 Å². The predicted molar refractivity (Wildman–Crippen MR) is 48.2 cm³/mol. The lowest BCUT2D eigenvalue weighted by molar-refractivity contribution is -0.136. The van der Waals surface area contributed by atoms with Crippen LogP contribution in [0.3, 0.4) is 0 Å². The molecule has 2 aliphatic rings. The van der Waals surface area contributed by atoms with E-state index in [4.69, 9.17) is 14.6 Å². The van der Waals surface area contributed by atoms with Crippen LogP contribution in [0.5, 0.6) is 0 Å². The molecule has 1 aliphatic heterocycles. The Hall–Kier alpha value is -1.71. The number of carboxylic acid groups (broad SMARTS) is 1. The molecule has 0 aromatic rings. The van der Waals surface area contributed by atoms with E-state index in [2.05, 4.69) is 0 Å². The zero-order valence-electron chi connectivity index (χ0n) is 7.53. The Morgan fingerprint density at radius 2 is 2.14 bits per heavy atom. The van der Waals surface area contributed by atoms with E-state index in [1.807, 2.05) is 6.08 Å². The summed E-state index contributed by atoms with van der Waals surface area (Å²) in [5, 5.41) is 8.62. The molecule has 1 fully saturated rings. The first kappa shape index (κ1) is 8.87. The number of rotatable bonds is 2. The van der Waals surface area contributed by atoms with Gasteiger partial charge in [0, 0.05) is 0 Å². The van der Waals surface area contributed by atoms with Crippen molar-refractivity contribution in [1.82, 2.24) is 0 Å². The fraction of sp³-hybridized carbons (Fsp3) is 0.300. The van der Waals surface area contributed by atoms with Crippen LogP contribution in [0.15, 0.2) is 35.3 Å². The first-order valence-electron chi connectivity index (χ1n) is 4.33. The summed E-state index contributed by atoms with van der Waals surface area (Å²) in [6.07, 6.45) is 6.05. The third-order valence-electron chi connectivity index (χ3n) is 2.07. The van der Waals surface area contributed by atoms with Crippen molar-refractivity contribution in [2.45, 2.75) is 12.8 Å². The van der Waals surface area contributed by atoms with Crippen molar-refractivity contribution in [3.8, 4) is 0 Å². The topological polar surface area (TPSA) is 55.8 Å². The first-order valence-corrected chi connectivity index (χ1v) is 4.33. The Kier molecular flexibility index (Phi) is 2.26. The maximum Gasteiger partial charge on any atom is 0.307 e. The fourth-order valence-corrected chi connectivity index (χ4v) is 1.40. The molecule has 2 rings (SSSR count). The van der Waals surface area contributed by atoms with Gasteiger partial charge in [0.15, 0.2) is 11.5 Å². The zero-order chi connectivity index (χ0) is 9.97. The van der Waals surface area contributed by atoms with Crippen LogP contribution in [0.25, 0.3) is 0 Å². The number of aliphatic carboxylic acids is 1. The van der Waals surface area contributed by atoms with Gasteiger partial charge in [-0.25, -0.2) is 0 Å². The van der Waals surface area contributed by atoms with Crippen LogP contribution in [0.4, 0.5) is 0 Å². The Balaban J connectivity index is 2.15. The quantitative estimate of drug-likeness (QED) is 0.724. The van der Waals surface area contributed by atoms with Gasteiger partial charge in [-0.05, 0) is 18.6 Å².